The summed E-state index contributed by atoms with van der Waals surface area (Å²) in [5.41, 5.74) is 2.58. The van der Waals surface area contributed by atoms with Gasteiger partial charge in [0.15, 0.2) is 0 Å². The number of nitrogens with zero attached hydrogens (tertiary/aromatic N) is 2. The van der Waals surface area contributed by atoms with E-state index in [0.717, 1.165) is 11.3 Å². The second-order valence-electron chi connectivity index (χ2n) is 4.88. The predicted octanol–water partition coefficient (Wildman–Crippen LogP) is 2.72. The molecule has 22 heavy (non-hydrogen) atoms. The van der Waals surface area contributed by atoms with Gasteiger partial charge in [-0.2, -0.15) is 0 Å². The molecule has 1 aromatic heterocycles. The SMILES string of the molecule is COC(=O)c1ccc2c(c1)CCN2C(=O)c1cccnc1Cl. The van der Waals surface area contributed by atoms with E-state index in [1.165, 1.54) is 7.11 Å². The van der Waals surface area contributed by atoms with Gasteiger partial charge >= 0.3 is 5.97 Å². The van der Waals surface area contributed by atoms with Crippen LogP contribution >= 0.6 is 11.6 Å². The minimum absolute atomic E-state index is 0.187. The highest BCUT2D eigenvalue weighted by Gasteiger charge is 2.27. The second-order valence-corrected chi connectivity index (χ2v) is 5.24. The summed E-state index contributed by atoms with van der Waals surface area (Å²) in [6.07, 6.45) is 2.23. The molecule has 0 saturated heterocycles. The van der Waals surface area contributed by atoms with Crippen molar-refractivity contribution in [3.63, 3.8) is 0 Å². The van der Waals surface area contributed by atoms with E-state index in [1.54, 1.807) is 41.4 Å². The Morgan fingerprint density at radius 1 is 1.32 bits per heavy atom. The van der Waals surface area contributed by atoms with Crippen molar-refractivity contribution < 1.29 is 14.3 Å². The summed E-state index contributed by atoms with van der Waals surface area (Å²) in [4.78, 5) is 29.8. The Kier molecular flexibility index (Phi) is 3.81. The number of benzene rings is 1. The third kappa shape index (κ3) is 2.44. The number of amides is 1. The van der Waals surface area contributed by atoms with Gasteiger partial charge in [-0.25, -0.2) is 9.78 Å². The molecular formula is C16H13ClN2O3. The molecule has 0 bridgehead atoms. The predicted molar refractivity (Wildman–Crippen MR) is 82.4 cm³/mol. The molecule has 3 rings (SSSR count). The molecule has 112 valence electrons. The zero-order valence-electron chi connectivity index (χ0n) is 11.9. The summed E-state index contributed by atoms with van der Waals surface area (Å²) in [7, 11) is 1.34. The summed E-state index contributed by atoms with van der Waals surface area (Å²) < 4.78 is 4.71. The number of carbonyl (C=O) groups is 2. The largest absolute Gasteiger partial charge is 0.465 e. The first-order chi connectivity index (χ1) is 10.6. The van der Waals surface area contributed by atoms with E-state index in [-0.39, 0.29) is 17.0 Å². The highest BCUT2D eigenvalue weighted by Crippen LogP contribution is 2.31. The second kappa shape index (κ2) is 5.77. The quantitative estimate of drug-likeness (QED) is 0.631. The van der Waals surface area contributed by atoms with Crippen LogP contribution in [0.2, 0.25) is 5.15 Å². The van der Waals surface area contributed by atoms with E-state index in [0.29, 0.717) is 24.1 Å². The Morgan fingerprint density at radius 2 is 2.14 bits per heavy atom. The van der Waals surface area contributed by atoms with Crippen molar-refractivity contribution in [1.29, 1.82) is 0 Å². The fourth-order valence-electron chi connectivity index (χ4n) is 2.55. The van der Waals surface area contributed by atoms with Crippen molar-refractivity contribution in [1.82, 2.24) is 4.98 Å². The number of rotatable bonds is 2. The van der Waals surface area contributed by atoms with Crippen LogP contribution < -0.4 is 4.90 Å². The standard InChI is InChI=1S/C16H13ClN2O3/c1-22-16(21)11-4-5-13-10(9-11)6-8-19(13)15(20)12-3-2-7-18-14(12)17/h2-5,7,9H,6,8H2,1H3. The van der Waals surface area contributed by atoms with Crippen molar-refractivity contribution in [2.75, 3.05) is 18.6 Å². The van der Waals surface area contributed by atoms with Crippen LogP contribution in [0, 0.1) is 0 Å². The Balaban J connectivity index is 1.93. The molecule has 1 aromatic carbocycles. The van der Waals surface area contributed by atoms with E-state index in [2.05, 4.69) is 4.98 Å². The highest BCUT2D eigenvalue weighted by molar-refractivity contribution is 6.33. The van der Waals surface area contributed by atoms with Crippen LogP contribution in [0.4, 0.5) is 5.69 Å². The lowest BCUT2D eigenvalue weighted by Crippen LogP contribution is -2.29. The molecule has 0 aliphatic carbocycles. The fraction of sp³-hybridized carbons (Fsp3) is 0.188. The van der Waals surface area contributed by atoms with Gasteiger partial charge in [-0.05, 0) is 42.3 Å². The van der Waals surface area contributed by atoms with Crippen LogP contribution in [0.1, 0.15) is 26.3 Å². The normalized spacial score (nSPS) is 12.9. The lowest BCUT2D eigenvalue weighted by atomic mass is 10.1. The van der Waals surface area contributed by atoms with Gasteiger partial charge in [-0.3, -0.25) is 4.79 Å². The minimum atomic E-state index is -0.386. The van der Waals surface area contributed by atoms with Gasteiger partial charge in [-0.1, -0.05) is 11.6 Å². The van der Waals surface area contributed by atoms with Crippen LogP contribution in [0.15, 0.2) is 36.5 Å². The van der Waals surface area contributed by atoms with E-state index < -0.39 is 0 Å². The van der Waals surface area contributed by atoms with Crippen molar-refractivity contribution in [3.8, 4) is 0 Å². The lowest BCUT2D eigenvalue weighted by Gasteiger charge is -2.18. The highest BCUT2D eigenvalue weighted by atomic mass is 35.5. The molecule has 0 saturated carbocycles. The molecule has 1 amide bonds. The Morgan fingerprint density at radius 3 is 2.86 bits per heavy atom. The molecule has 0 fully saturated rings. The van der Waals surface area contributed by atoms with Gasteiger partial charge in [-0.15, -0.1) is 0 Å². The summed E-state index contributed by atoms with van der Waals surface area (Å²) in [6, 6.07) is 8.51. The number of hydrogen-bond donors (Lipinski definition) is 0. The summed E-state index contributed by atoms with van der Waals surface area (Å²) in [5.74, 6) is -0.578. The Labute approximate surface area is 132 Å². The number of aromatic nitrogens is 1. The number of ether oxygens (including phenoxy) is 1. The van der Waals surface area contributed by atoms with Gasteiger partial charge in [0.2, 0.25) is 0 Å². The Hall–Kier alpha value is -2.40. The van der Waals surface area contributed by atoms with E-state index in [9.17, 15) is 9.59 Å². The number of halogens is 1. The van der Waals surface area contributed by atoms with Crippen molar-refractivity contribution >= 4 is 29.2 Å². The molecule has 1 aliphatic rings. The number of fused-ring (bicyclic) bond motifs is 1. The smallest absolute Gasteiger partial charge is 0.337 e. The number of methoxy groups -OCH3 is 1. The maximum absolute atomic E-state index is 12.6. The first kappa shape index (κ1) is 14.5. The number of anilines is 1. The maximum atomic E-state index is 12.6. The molecule has 0 unspecified atom stereocenters. The van der Waals surface area contributed by atoms with E-state index >= 15 is 0 Å². The molecule has 2 heterocycles. The molecule has 2 aromatic rings. The third-order valence-corrected chi connectivity index (χ3v) is 3.93. The van der Waals surface area contributed by atoms with Crippen LogP contribution in [0.25, 0.3) is 0 Å². The summed E-state index contributed by atoms with van der Waals surface area (Å²) in [5, 5.41) is 0.187. The number of hydrogen-bond acceptors (Lipinski definition) is 4. The van der Waals surface area contributed by atoms with Crippen LogP contribution in [-0.2, 0) is 11.2 Å². The molecule has 0 N–H and O–H groups in total. The molecule has 5 nitrogen and oxygen atoms in total. The lowest BCUT2D eigenvalue weighted by molar-refractivity contribution is 0.0600. The maximum Gasteiger partial charge on any atom is 0.337 e. The van der Waals surface area contributed by atoms with Gasteiger partial charge in [0.1, 0.15) is 5.15 Å². The van der Waals surface area contributed by atoms with Crippen molar-refractivity contribution in [2.24, 2.45) is 0 Å². The first-order valence-electron chi connectivity index (χ1n) is 6.75. The molecule has 0 atom stereocenters. The summed E-state index contributed by atoms with van der Waals surface area (Å²) >= 11 is 5.99. The number of carbonyl (C=O) groups excluding carboxylic acids is 2. The fourth-order valence-corrected chi connectivity index (χ4v) is 2.75. The zero-order valence-corrected chi connectivity index (χ0v) is 12.6. The zero-order chi connectivity index (χ0) is 15.7. The number of esters is 1. The van der Waals surface area contributed by atoms with E-state index in [4.69, 9.17) is 16.3 Å². The van der Waals surface area contributed by atoms with Gasteiger partial charge < -0.3 is 9.64 Å². The first-order valence-corrected chi connectivity index (χ1v) is 7.13. The number of pyridine rings is 1. The molecule has 0 radical (unpaired) electrons. The summed E-state index contributed by atoms with van der Waals surface area (Å²) in [6.45, 7) is 0.546. The van der Waals surface area contributed by atoms with Crippen LogP contribution in [0.5, 0.6) is 0 Å². The minimum Gasteiger partial charge on any atom is -0.465 e. The van der Waals surface area contributed by atoms with Gasteiger partial charge in [0.05, 0.1) is 18.2 Å². The van der Waals surface area contributed by atoms with Gasteiger partial charge in [0, 0.05) is 18.4 Å². The Bertz CT molecular complexity index is 761. The monoisotopic (exact) mass is 316 g/mol. The molecule has 0 spiro atoms. The van der Waals surface area contributed by atoms with E-state index in [1.807, 2.05) is 0 Å². The van der Waals surface area contributed by atoms with Crippen LogP contribution in [-0.4, -0.2) is 30.5 Å². The molecular weight excluding hydrogens is 304 g/mol. The third-order valence-electron chi connectivity index (χ3n) is 3.63. The molecule has 6 heteroatoms. The van der Waals surface area contributed by atoms with Crippen molar-refractivity contribution in [2.45, 2.75) is 6.42 Å². The topological polar surface area (TPSA) is 59.5 Å². The van der Waals surface area contributed by atoms with Crippen molar-refractivity contribution in [3.05, 3.63) is 58.4 Å². The average Bonchev–Trinajstić information content (AvgIpc) is 2.97. The molecule has 1 aliphatic heterocycles. The van der Waals surface area contributed by atoms with Crippen LogP contribution in [0.3, 0.4) is 0 Å². The van der Waals surface area contributed by atoms with Gasteiger partial charge in [0.25, 0.3) is 5.91 Å². The average molecular weight is 317 g/mol.